The van der Waals surface area contributed by atoms with Crippen molar-refractivity contribution in [1.29, 1.82) is 0 Å². The van der Waals surface area contributed by atoms with Crippen LogP contribution in [0.3, 0.4) is 0 Å². The Bertz CT molecular complexity index is 1740. The second-order valence-electron chi connectivity index (χ2n) is 13.0. The van der Waals surface area contributed by atoms with Crippen molar-refractivity contribution in [2.75, 3.05) is 6.61 Å². The Hall–Kier alpha value is -4.56. The van der Waals surface area contributed by atoms with Gasteiger partial charge in [0, 0.05) is 24.3 Å². The smallest absolute Gasteiger partial charge is 0.492 e. The molecule has 0 spiro atoms. The van der Waals surface area contributed by atoms with Crippen LogP contribution in [0.5, 0.6) is 5.75 Å². The van der Waals surface area contributed by atoms with Crippen molar-refractivity contribution in [2.24, 2.45) is 0 Å². The molecule has 1 saturated carbocycles. The standard InChI is InChI=1S/C37H41N5O3.C5H6.Fe/c43-35(23-17-29-12-8-9-13-29)30-18-20-33(21-19-30)45-25-24-41-27-31(39-40-41)26-38-36-34(22-16-28-10-4-3-5-11-28)42(37(36)44)32-14-6-1-2-7-15-32;1-2-4-5-3-1;/h3-5,8,10-13,16-23,27,32,34,36,38H,1-2,6-7,9,14-15,24-26H2;1-4H,5H2;/q;;+2/b22-16+,23-17+;;/t34-,36+;;/m1../s1. The van der Waals surface area contributed by atoms with Gasteiger partial charge in [-0.15, -0.1) is 5.10 Å². The SMILES string of the molecule is C1=CCC=C1.O=C(/C=C/C1=CCC=C1)c1ccc(OCCn2cc(CN[C@@H]3C(=O)N(C4CCCCCC4)[C@@H]3/C=C/c3ccccc3)nn2)cc1.[Fe+2]. The molecule has 8 nitrogen and oxygen atoms in total. The van der Waals surface area contributed by atoms with Crippen molar-refractivity contribution in [1.82, 2.24) is 25.2 Å². The first-order valence-corrected chi connectivity index (χ1v) is 18.0. The van der Waals surface area contributed by atoms with Gasteiger partial charge >= 0.3 is 17.1 Å². The third kappa shape index (κ3) is 11.0. The number of rotatable bonds is 13. The van der Waals surface area contributed by atoms with Crippen LogP contribution in [0.15, 0.2) is 127 Å². The minimum atomic E-state index is -0.274. The number of likely N-dealkylation sites (tertiary alicyclic amines) is 1. The molecule has 4 aliphatic rings. The van der Waals surface area contributed by atoms with Crippen molar-refractivity contribution in [3.8, 4) is 5.75 Å². The minimum Gasteiger partial charge on any atom is -0.492 e. The Morgan fingerprint density at radius 3 is 2.37 bits per heavy atom. The summed E-state index contributed by atoms with van der Waals surface area (Å²) < 4.78 is 7.63. The van der Waals surface area contributed by atoms with Crippen LogP contribution in [0, 0.1) is 0 Å². The van der Waals surface area contributed by atoms with Crippen molar-refractivity contribution >= 4 is 17.8 Å². The summed E-state index contributed by atoms with van der Waals surface area (Å²) in [5, 5.41) is 12.0. The number of β-lactam (4-membered cyclic amide) rings is 1. The van der Waals surface area contributed by atoms with Gasteiger partial charge in [0.15, 0.2) is 5.78 Å². The molecule has 2 heterocycles. The summed E-state index contributed by atoms with van der Waals surface area (Å²) >= 11 is 0. The zero-order valence-corrected chi connectivity index (χ0v) is 30.1. The molecule has 0 bridgehead atoms. The molecule has 2 fully saturated rings. The van der Waals surface area contributed by atoms with Crippen LogP contribution in [-0.2, 0) is 35.0 Å². The molecule has 3 aromatic rings. The normalized spacial score (nSPS) is 19.8. The number of nitrogens with zero attached hydrogens (tertiary/aromatic N) is 4. The predicted octanol–water partition coefficient (Wildman–Crippen LogP) is 7.59. The van der Waals surface area contributed by atoms with Crippen LogP contribution in [0.1, 0.15) is 73.0 Å². The number of aromatic nitrogens is 3. The topological polar surface area (TPSA) is 89.4 Å². The summed E-state index contributed by atoms with van der Waals surface area (Å²) in [6.45, 7) is 1.40. The van der Waals surface area contributed by atoms with E-state index in [9.17, 15) is 9.59 Å². The number of hydrogen-bond acceptors (Lipinski definition) is 6. The van der Waals surface area contributed by atoms with Crippen molar-refractivity contribution in [2.45, 2.75) is 82.6 Å². The first-order chi connectivity index (χ1) is 24.6. The largest absolute Gasteiger partial charge is 2.00 e. The van der Waals surface area contributed by atoms with E-state index in [1.165, 1.54) is 25.7 Å². The van der Waals surface area contributed by atoms with E-state index in [-0.39, 0.29) is 40.8 Å². The van der Waals surface area contributed by atoms with Gasteiger partial charge in [-0.2, -0.15) is 0 Å². The monoisotopic (exact) mass is 725 g/mol. The molecular formula is C42H47FeN5O3+2. The maximum absolute atomic E-state index is 13.4. The zero-order valence-electron chi connectivity index (χ0n) is 29.0. The van der Waals surface area contributed by atoms with Gasteiger partial charge in [-0.05, 0) is 67.2 Å². The molecule has 0 unspecified atom stereocenters. The Morgan fingerprint density at radius 1 is 0.922 bits per heavy atom. The number of ketones is 1. The molecule has 0 radical (unpaired) electrons. The average Bonchev–Trinajstić information content (AvgIpc) is 3.95. The summed E-state index contributed by atoms with van der Waals surface area (Å²) in [5.74, 6) is 0.832. The molecule has 1 aliphatic heterocycles. The fourth-order valence-corrected chi connectivity index (χ4v) is 6.65. The molecule has 1 aromatic heterocycles. The molecule has 9 heteroatoms. The van der Waals surface area contributed by atoms with Crippen molar-refractivity contribution in [3.05, 3.63) is 144 Å². The summed E-state index contributed by atoms with van der Waals surface area (Å²) in [6, 6.07) is 17.5. The van der Waals surface area contributed by atoms with E-state index in [1.807, 2.05) is 48.7 Å². The summed E-state index contributed by atoms with van der Waals surface area (Å²) in [6.07, 6.45) is 33.3. The first kappa shape index (κ1) is 37.7. The number of amides is 1. The van der Waals surface area contributed by atoms with Crippen molar-refractivity contribution in [3.63, 3.8) is 0 Å². The van der Waals surface area contributed by atoms with E-state index in [4.69, 9.17) is 4.74 Å². The number of benzene rings is 2. The second kappa shape index (κ2) is 19.7. The number of carbonyl (C=O) groups is 2. The zero-order chi connectivity index (χ0) is 34.4. The van der Waals surface area contributed by atoms with E-state index < -0.39 is 0 Å². The van der Waals surface area contributed by atoms with Gasteiger partial charge in [-0.1, -0.05) is 122 Å². The second-order valence-corrected chi connectivity index (χ2v) is 13.0. The number of carbonyl (C=O) groups excluding carboxylic acids is 2. The van der Waals surface area contributed by atoms with Gasteiger partial charge in [-0.3, -0.25) is 14.9 Å². The van der Waals surface area contributed by atoms with Crippen LogP contribution >= 0.6 is 0 Å². The van der Waals surface area contributed by atoms with E-state index in [0.717, 1.165) is 42.5 Å². The summed E-state index contributed by atoms with van der Waals surface area (Å²) in [7, 11) is 0. The van der Waals surface area contributed by atoms with Gasteiger partial charge in [0.1, 0.15) is 18.4 Å². The van der Waals surface area contributed by atoms with Crippen LogP contribution in [0.2, 0.25) is 0 Å². The fraction of sp³-hybridized carbons (Fsp3) is 0.333. The van der Waals surface area contributed by atoms with Crippen LogP contribution < -0.4 is 10.1 Å². The number of hydrogen-bond donors (Lipinski definition) is 1. The maximum atomic E-state index is 13.4. The molecule has 3 aliphatic carbocycles. The Morgan fingerprint density at radius 2 is 1.69 bits per heavy atom. The van der Waals surface area contributed by atoms with Gasteiger partial charge in [0.05, 0.1) is 18.3 Å². The van der Waals surface area contributed by atoms with Gasteiger partial charge in [0.25, 0.3) is 0 Å². The third-order valence-electron chi connectivity index (χ3n) is 9.39. The third-order valence-corrected chi connectivity index (χ3v) is 9.39. The van der Waals surface area contributed by atoms with E-state index in [1.54, 1.807) is 22.9 Å². The average molecular weight is 726 g/mol. The number of ether oxygens (including phenoxy) is 1. The first-order valence-electron chi connectivity index (χ1n) is 18.0. The molecule has 264 valence electrons. The van der Waals surface area contributed by atoms with Gasteiger partial charge in [0.2, 0.25) is 5.91 Å². The van der Waals surface area contributed by atoms with E-state index in [2.05, 4.69) is 81.3 Å². The predicted molar refractivity (Wildman–Crippen MR) is 198 cm³/mol. The Labute approximate surface area is 312 Å². The van der Waals surface area contributed by atoms with Gasteiger partial charge in [-0.25, -0.2) is 4.68 Å². The van der Waals surface area contributed by atoms with Crippen LogP contribution in [-0.4, -0.2) is 56.3 Å². The molecule has 2 atom stereocenters. The van der Waals surface area contributed by atoms with Crippen molar-refractivity contribution < 1.29 is 31.4 Å². The summed E-state index contributed by atoms with van der Waals surface area (Å²) in [4.78, 5) is 27.9. The molecule has 1 amide bonds. The number of nitrogens with one attached hydrogen (secondary N) is 1. The Balaban J connectivity index is 0.000000774. The molecule has 7 rings (SSSR count). The van der Waals surface area contributed by atoms with E-state index >= 15 is 0 Å². The van der Waals surface area contributed by atoms with Crippen LogP contribution in [0.25, 0.3) is 6.08 Å². The Kier molecular flexibility index (Phi) is 14.6. The van der Waals surface area contributed by atoms with Gasteiger partial charge < -0.3 is 9.64 Å². The maximum Gasteiger partial charge on any atom is 2.00 e. The molecule has 1 N–H and O–H groups in total. The number of allylic oxidation sites excluding steroid dienone is 10. The quantitative estimate of drug-likeness (QED) is 0.0643. The summed E-state index contributed by atoms with van der Waals surface area (Å²) in [5.41, 5.74) is 3.59. The van der Waals surface area contributed by atoms with Crippen LogP contribution in [0.4, 0.5) is 0 Å². The molecule has 2 aromatic carbocycles. The molecule has 1 saturated heterocycles. The molecule has 51 heavy (non-hydrogen) atoms. The van der Waals surface area contributed by atoms with E-state index in [0.29, 0.717) is 37.1 Å². The minimum absolute atomic E-state index is 0. The molecular weight excluding hydrogens is 678 g/mol. The fourth-order valence-electron chi connectivity index (χ4n) is 6.65.